The van der Waals surface area contributed by atoms with Crippen LogP contribution in [0.4, 0.5) is 5.69 Å². The van der Waals surface area contributed by atoms with Crippen LogP contribution in [0.15, 0.2) is 48.6 Å². The van der Waals surface area contributed by atoms with Crippen LogP contribution < -0.4 is 19.7 Å². The fraction of sp³-hybridized carbons (Fsp3) is 0.590. The number of nitrogens with one attached hydrogen (secondary N) is 2. The maximum Gasteiger partial charge on any atom is 0.264 e. The molecule has 6 aliphatic rings. The van der Waals surface area contributed by atoms with Gasteiger partial charge in [0.25, 0.3) is 5.91 Å². The van der Waals surface area contributed by atoms with E-state index in [-0.39, 0.29) is 34.5 Å². The van der Waals surface area contributed by atoms with Crippen LogP contribution in [-0.2, 0) is 26.7 Å². The summed E-state index contributed by atoms with van der Waals surface area (Å²) >= 11 is 6.37. The van der Waals surface area contributed by atoms with E-state index in [4.69, 9.17) is 16.3 Å². The molecule has 1 amide bonds. The van der Waals surface area contributed by atoms with Gasteiger partial charge in [-0.15, -0.1) is 0 Å². The number of rotatable bonds is 0. The average Bonchev–Trinajstić information content (AvgIpc) is 3.51. The molecule has 270 valence electrons. The molecule has 6 atom stereocenters. The van der Waals surface area contributed by atoms with Crippen molar-refractivity contribution < 1.29 is 22.7 Å². The number of ether oxygens (including phenoxy) is 1. The standard InChI is InChI=1S/C32H37ClN2O5S.C7H14N2/c1-20-5-3-7-29(36)26-11-8-24(26)17-35-18-32(14-4-6-22-15-25(33)10-12-27(22)32)19-40-30-13-9-23(16-28(30)35)31(37)34-41(38,39)21(20)2;1-2-7-6-8-3-5-9(7)4-1/h3,7,9-10,12-13,15-16,20-21,24,26H,4-6,8,11,14,17-19H2,1-2H3,(H,34,37);7-8H,1-6H2/b7-3+;/t20-,21+,24-,26+,32-;/m0./s1. The minimum absolute atomic E-state index is 0.0666. The van der Waals surface area contributed by atoms with Crippen LogP contribution in [0, 0.1) is 17.8 Å². The molecule has 2 aliphatic carbocycles. The van der Waals surface area contributed by atoms with E-state index in [0.717, 1.165) is 48.9 Å². The molecule has 50 heavy (non-hydrogen) atoms. The van der Waals surface area contributed by atoms with Gasteiger partial charge >= 0.3 is 0 Å². The first-order chi connectivity index (χ1) is 24.0. The average molecular weight is 723 g/mol. The summed E-state index contributed by atoms with van der Waals surface area (Å²) < 4.78 is 35.0. The molecule has 9 nitrogen and oxygen atoms in total. The largest absolute Gasteiger partial charge is 0.490 e. The number of halogens is 1. The van der Waals surface area contributed by atoms with Gasteiger partial charge in [-0.3, -0.25) is 14.5 Å². The normalized spacial score (nSPS) is 32.9. The number of piperazine rings is 1. The Morgan fingerprint density at radius 1 is 1.02 bits per heavy atom. The van der Waals surface area contributed by atoms with Gasteiger partial charge in [-0.1, -0.05) is 30.7 Å². The lowest BCUT2D eigenvalue weighted by Crippen LogP contribution is -2.49. The number of carbonyl (C=O) groups is 2. The Bertz CT molecular complexity index is 1740. The van der Waals surface area contributed by atoms with Crippen molar-refractivity contribution in [2.75, 3.05) is 50.8 Å². The van der Waals surface area contributed by atoms with Gasteiger partial charge in [-0.2, -0.15) is 0 Å². The zero-order valence-electron chi connectivity index (χ0n) is 29.3. The van der Waals surface area contributed by atoms with Crippen LogP contribution in [0.25, 0.3) is 0 Å². The summed E-state index contributed by atoms with van der Waals surface area (Å²) in [6, 6.07) is 12.2. The van der Waals surface area contributed by atoms with E-state index in [1.54, 1.807) is 37.3 Å². The Labute approximate surface area is 302 Å². The number of hydrogen-bond acceptors (Lipinski definition) is 8. The highest BCUT2D eigenvalue weighted by molar-refractivity contribution is 7.90. The first-order valence-corrected chi connectivity index (χ1v) is 20.5. The van der Waals surface area contributed by atoms with Crippen molar-refractivity contribution in [2.24, 2.45) is 17.8 Å². The van der Waals surface area contributed by atoms with Crippen molar-refractivity contribution in [2.45, 2.75) is 81.9 Å². The Hall–Kier alpha value is -2.92. The maximum absolute atomic E-state index is 13.3. The Morgan fingerprint density at radius 2 is 1.88 bits per heavy atom. The second kappa shape index (κ2) is 14.6. The number of aryl methyl sites for hydroxylation is 1. The highest BCUT2D eigenvalue weighted by atomic mass is 35.5. The van der Waals surface area contributed by atoms with E-state index >= 15 is 0 Å². The lowest BCUT2D eigenvalue weighted by Gasteiger charge is -2.44. The molecule has 1 unspecified atom stereocenters. The molecule has 3 fully saturated rings. The van der Waals surface area contributed by atoms with Gasteiger partial charge in [0.2, 0.25) is 10.0 Å². The highest BCUT2D eigenvalue weighted by Gasteiger charge is 2.44. The van der Waals surface area contributed by atoms with Gasteiger partial charge in [-0.05, 0) is 124 Å². The third kappa shape index (κ3) is 7.23. The zero-order valence-corrected chi connectivity index (χ0v) is 30.9. The van der Waals surface area contributed by atoms with Gasteiger partial charge in [0.1, 0.15) is 5.75 Å². The fourth-order valence-corrected chi connectivity index (χ4v) is 10.4. The zero-order chi connectivity index (χ0) is 35.0. The van der Waals surface area contributed by atoms with Gasteiger partial charge in [-0.25, -0.2) is 13.1 Å². The molecule has 4 heterocycles. The summed E-state index contributed by atoms with van der Waals surface area (Å²) in [6.45, 7) is 10.3. The molecule has 2 aromatic carbocycles. The van der Waals surface area contributed by atoms with Crippen LogP contribution in [0.5, 0.6) is 5.75 Å². The molecule has 1 spiro atoms. The molecule has 1 saturated carbocycles. The summed E-state index contributed by atoms with van der Waals surface area (Å²) in [5.41, 5.74) is 3.22. The van der Waals surface area contributed by atoms with Crippen LogP contribution in [-0.4, -0.2) is 82.2 Å². The van der Waals surface area contributed by atoms with E-state index in [1.165, 1.54) is 50.1 Å². The van der Waals surface area contributed by atoms with E-state index in [1.807, 2.05) is 13.0 Å². The predicted octanol–water partition coefficient (Wildman–Crippen LogP) is 5.51. The summed E-state index contributed by atoms with van der Waals surface area (Å²) in [7, 11) is -3.93. The minimum Gasteiger partial charge on any atom is -0.490 e. The fourth-order valence-electron chi connectivity index (χ4n) is 8.91. The first-order valence-electron chi connectivity index (χ1n) is 18.5. The van der Waals surface area contributed by atoms with Crippen LogP contribution in [0.1, 0.15) is 80.3 Å². The van der Waals surface area contributed by atoms with Crippen molar-refractivity contribution in [1.82, 2.24) is 14.9 Å². The SMILES string of the molecule is C1CC2CNCCN2C1.C[C@@H]1[C@@H](C)C/C=C/C(=O)[C@@H]2CC[C@H]2CN2C[C@@]3(CCCc4cc(Cl)ccc43)COc3ccc(cc32)C(=O)NS1(=O)=O. The number of hydrogen-bond donors (Lipinski definition) is 2. The molecular formula is C39H51ClN4O5S. The monoisotopic (exact) mass is 722 g/mol. The first kappa shape index (κ1) is 35.5. The number of amides is 1. The number of allylic oxidation sites excluding steroid dienone is 2. The number of anilines is 1. The van der Waals surface area contributed by atoms with Crippen molar-refractivity contribution in [3.8, 4) is 5.75 Å². The second-order valence-corrected chi connectivity index (χ2v) is 17.9. The number of benzene rings is 2. The molecule has 2 saturated heterocycles. The molecule has 2 aromatic rings. The van der Waals surface area contributed by atoms with Crippen molar-refractivity contribution >= 4 is 39.0 Å². The smallest absolute Gasteiger partial charge is 0.264 e. The van der Waals surface area contributed by atoms with Crippen LogP contribution in [0.2, 0.25) is 5.02 Å². The number of ketones is 1. The third-order valence-electron chi connectivity index (χ3n) is 12.3. The van der Waals surface area contributed by atoms with Crippen LogP contribution >= 0.6 is 11.6 Å². The molecule has 0 aromatic heterocycles. The molecule has 2 bridgehead atoms. The van der Waals surface area contributed by atoms with Crippen molar-refractivity contribution in [1.29, 1.82) is 0 Å². The van der Waals surface area contributed by atoms with E-state index in [9.17, 15) is 18.0 Å². The van der Waals surface area contributed by atoms with Gasteiger partial charge in [0, 0.05) is 60.7 Å². The molecule has 11 heteroatoms. The van der Waals surface area contributed by atoms with Gasteiger partial charge in [0.05, 0.1) is 17.5 Å². The van der Waals surface area contributed by atoms with E-state index in [0.29, 0.717) is 31.9 Å². The number of sulfonamides is 1. The van der Waals surface area contributed by atoms with Crippen LogP contribution in [0.3, 0.4) is 0 Å². The summed E-state index contributed by atoms with van der Waals surface area (Å²) in [6.07, 6.45) is 11.4. The van der Waals surface area contributed by atoms with E-state index < -0.39 is 21.2 Å². The maximum atomic E-state index is 13.3. The Kier molecular flexibility index (Phi) is 10.4. The quantitative estimate of drug-likeness (QED) is 0.367. The molecular weight excluding hydrogens is 672 g/mol. The third-order valence-corrected chi connectivity index (χ3v) is 14.5. The number of nitrogens with zero attached hydrogens (tertiary/aromatic N) is 2. The lowest BCUT2D eigenvalue weighted by atomic mass is 9.68. The Balaban J connectivity index is 0.000000375. The van der Waals surface area contributed by atoms with Gasteiger partial charge < -0.3 is 15.0 Å². The second-order valence-electron chi connectivity index (χ2n) is 15.5. The summed E-state index contributed by atoms with van der Waals surface area (Å²) in [5, 5.41) is 3.33. The lowest BCUT2D eigenvalue weighted by molar-refractivity contribution is -0.122. The van der Waals surface area contributed by atoms with E-state index in [2.05, 4.69) is 32.0 Å². The highest BCUT2D eigenvalue weighted by Crippen LogP contribution is 2.46. The molecule has 0 radical (unpaired) electrons. The van der Waals surface area contributed by atoms with Crippen molar-refractivity contribution in [3.63, 3.8) is 0 Å². The predicted molar refractivity (Wildman–Crippen MR) is 198 cm³/mol. The van der Waals surface area contributed by atoms with Crippen molar-refractivity contribution in [3.05, 3.63) is 70.3 Å². The number of fused-ring (bicyclic) bond motifs is 5. The Morgan fingerprint density at radius 3 is 2.68 bits per heavy atom. The summed E-state index contributed by atoms with van der Waals surface area (Å²) in [5.74, 6) is -0.0319. The van der Waals surface area contributed by atoms with Gasteiger partial charge in [0.15, 0.2) is 5.78 Å². The summed E-state index contributed by atoms with van der Waals surface area (Å²) in [4.78, 5) is 31.4. The molecule has 8 rings (SSSR count). The number of carbonyl (C=O) groups excluding carboxylic acids is 2. The molecule has 4 aliphatic heterocycles. The topological polar surface area (TPSA) is 108 Å². The molecule has 2 N–H and O–H groups in total. The minimum atomic E-state index is -3.93.